The summed E-state index contributed by atoms with van der Waals surface area (Å²) in [7, 11) is 2.09. The van der Waals surface area contributed by atoms with Gasteiger partial charge in [-0.05, 0) is 45.4 Å². The first-order valence-electron chi connectivity index (χ1n) is 10.7. The second kappa shape index (κ2) is 8.38. The summed E-state index contributed by atoms with van der Waals surface area (Å²) in [6.07, 6.45) is 4.44. The number of nitrogens with zero attached hydrogens (tertiary/aromatic N) is 7. The Hall–Kier alpha value is -4.05. The molecular formula is C24H19BrN8O. The molecule has 4 aromatic heterocycles. The van der Waals surface area contributed by atoms with Crippen LogP contribution in [0, 0.1) is 0 Å². The minimum Gasteiger partial charge on any atom is -0.455 e. The zero-order valence-electron chi connectivity index (χ0n) is 18.2. The summed E-state index contributed by atoms with van der Waals surface area (Å²) in [6.45, 7) is 0.827. The molecule has 0 saturated heterocycles. The maximum absolute atomic E-state index is 6.26. The standard InChI is InChI=1S/C24H19BrN8O/c1-32(13-10-15-8-11-26-21-9-12-27-33(15)21)16-6-7-20-19(14-16)22(25)23(34-20)17-4-2-3-5-18(17)24-28-30-31-29-24/h2-9,11-12,14H,10,13H2,1H3,(H,28,29,30,31). The van der Waals surface area contributed by atoms with Crippen molar-refractivity contribution in [2.75, 3.05) is 18.5 Å². The molecule has 0 aliphatic heterocycles. The average Bonchev–Trinajstić information content (AvgIpc) is 3.63. The number of H-pyrrole nitrogens is 1. The Bertz CT molecular complexity index is 1600. The van der Waals surface area contributed by atoms with Crippen LogP contribution in [0.3, 0.4) is 0 Å². The summed E-state index contributed by atoms with van der Waals surface area (Å²) in [5, 5.41) is 19.9. The molecule has 1 N–H and O–H groups in total. The summed E-state index contributed by atoms with van der Waals surface area (Å²) < 4.78 is 9.03. The van der Waals surface area contributed by atoms with Crippen LogP contribution in [0.4, 0.5) is 5.69 Å². The lowest BCUT2D eigenvalue weighted by Gasteiger charge is -2.19. The van der Waals surface area contributed by atoms with E-state index in [0.717, 1.165) is 62.3 Å². The predicted octanol–water partition coefficient (Wildman–Crippen LogP) is 4.76. The van der Waals surface area contributed by atoms with Gasteiger partial charge in [0.15, 0.2) is 5.65 Å². The minimum atomic E-state index is 0.519. The van der Waals surface area contributed by atoms with E-state index in [1.54, 1.807) is 6.20 Å². The Morgan fingerprint density at radius 1 is 1.06 bits per heavy atom. The summed E-state index contributed by atoms with van der Waals surface area (Å²) in [4.78, 5) is 6.56. The molecule has 0 radical (unpaired) electrons. The van der Waals surface area contributed by atoms with Crippen molar-refractivity contribution in [3.8, 4) is 22.7 Å². The topological polar surface area (TPSA) is 101 Å². The highest BCUT2D eigenvalue weighted by Gasteiger charge is 2.19. The number of benzene rings is 2. The van der Waals surface area contributed by atoms with E-state index >= 15 is 0 Å². The number of rotatable bonds is 6. The summed E-state index contributed by atoms with van der Waals surface area (Å²) in [6, 6.07) is 18.0. The van der Waals surface area contributed by atoms with E-state index in [1.807, 2.05) is 53.2 Å². The quantitative estimate of drug-likeness (QED) is 0.341. The number of anilines is 1. The van der Waals surface area contributed by atoms with Crippen molar-refractivity contribution in [1.82, 2.24) is 35.2 Å². The van der Waals surface area contributed by atoms with Gasteiger partial charge in [-0.15, -0.1) is 10.2 Å². The third-order valence-electron chi connectivity index (χ3n) is 5.88. The zero-order valence-corrected chi connectivity index (χ0v) is 19.8. The number of halogens is 1. The van der Waals surface area contributed by atoms with Gasteiger partial charge in [-0.25, -0.2) is 9.50 Å². The molecule has 0 saturated carbocycles. The van der Waals surface area contributed by atoms with E-state index in [2.05, 4.69) is 70.7 Å². The molecule has 34 heavy (non-hydrogen) atoms. The average molecular weight is 515 g/mol. The van der Waals surface area contributed by atoms with E-state index in [4.69, 9.17) is 4.42 Å². The van der Waals surface area contributed by atoms with Crippen molar-refractivity contribution >= 4 is 38.2 Å². The Labute approximate surface area is 202 Å². The molecule has 6 rings (SSSR count). The van der Waals surface area contributed by atoms with E-state index in [9.17, 15) is 0 Å². The SMILES string of the molecule is CN(CCc1ccnc2ccnn12)c1ccc2oc(-c3ccccc3-c3nn[nH]n3)c(Br)c2c1. The maximum atomic E-state index is 6.26. The van der Waals surface area contributed by atoms with Gasteiger partial charge in [0.2, 0.25) is 5.82 Å². The smallest absolute Gasteiger partial charge is 0.205 e. The van der Waals surface area contributed by atoms with Crippen LogP contribution in [-0.4, -0.2) is 48.8 Å². The van der Waals surface area contributed by atoms with Gasteiger partial charge in [-0.3, -0.25) is 0 Å². The van der Waals surface area contributed by atoms with Crippen LogP contribution in [0.25, 0.3) is 39.3 Å². The third-order valence-corrected chi connectivity index (χ3v) is 6.67. The number of likely N-dealkylation sites (N-methyl/N-ethyl adjacent to an activating group) is 1. The highest BCUT2D eigenvalue weighted by molar-refractivity contribution is 9.10. The van der Waals surface area contributed by atoms with Crippen LogP contribution in [-0.2, 0) is 6.42 Å². The number of hydrogen-bond acceptors (Lipinski definition) is 7. The van der Waals surface area contributed by atoms with Crippen molar-refractivity contribution in [2.45, 2.75) is 6.42 Å². The maximum Gasteiger partial charge on any atom is 0.205 e. The molecule has 0 spiro atoms. The first-order chi connectivity index (χ1) is 16.7. The van der Waals surface area contributed by atoms with Gasteiger partial charge >= 0.3 is 0 Å². The van der Waals surface area contributed by atoms with E-state index < -0.39 is 0 Å². The largest absolute Gasteiger partial charge is 0.455 e. The second-order valence-electron chi connectivity index (χ2n) is 7.92. The fraction of sp³-hybridized carbons (Fsp3) is 0.125. The van der Waals surface area contributed by atoms with Crippen molar-refractivity contribution < 1.29 is 4.42 Å². The van der Waals surface area contributed by atoms with Crippen molar-refractivity contribution in [3.63, 3.8) is 0 Å². The highest BCUT2D eigenvalue weighted by atomic mass is 79.9. The Balaban J connectivity index is 1.31. The normalized spacial score (nSPS) is 11.5. The van der Waals surface area contributed by atoms with Crippen LogP contribution in [0.2, 0.25) is 0 Å². The number of furan rings is 1. The molecule has 9 nitrogen and oxygen atoms in total. The van der Waals surface area contributed by atoms with Crippen LogP contribution in [0.1, 0.15) is 5.69 Å². The number of aromatic nitrogens is 7. The Morgan fingerprint density at radius 2 is 1.94 bits per heavy atom. The highest BCUT2D eigenvalue weighted by Crippen LogP contribution is 2.42. The van der Waals surface area contributed by atoms with Gasteiger partial charge in [0.25, 0.3) is 0 Å². The molecule has 168 valence electrons. The number of aromatic amines is 1. The zero-order chi connectivity index (χ0) is 23.1. The van der Waals surface area contributed by atoms with Crippen molar-refractivity contribution in [2.24, 2.45) is 0 Å². The lowest BCUT2D eigenvalue weighted by Crippen LogP contribution is -2.21. The number of tetrazole rings is 1. The van der Waals surface area contributed by atoms with Gasteiger partial charge in [-0.1, -0.05) is 24.3 Å². The molecule has 0 atom stereocenters. The summed E-state index contributed by atoms with van der Waals surface area (Å²) in [5.74, 6) is 1.25. The van der Waals surface area contributed by atoms with Gasteiger partial charge in [-0.2, -0.15) is 10.3 Å². The number of hydrogen-bond donors (Lipinski definition) is 1. The molecule has 2 aromatic carbocycles. The molecule has 0 fully saturated rings. The van der Waals surface area contributed by atoms with E-state index in [-0.39, 0.29) is 0 Å². The van der Waals surface area contributed by atoms with Crippen molar-refractivity contribution in [3.05, 3.63) is 77.2 Å². The lowest BCUT2D eigenvalue weighted by atomic mass is 10.0. The van der Waals surface area contributed by atoms with Gasteiger partial charge < -0.3 is 9.32 Å². The lowest BCUT2D eigenvalue weighted by molar-refractivity contribution is 0.630. The monoisotopic (exact) mass is 514 g/mol. The molecule has 0 aliphatic rings. The molecule has 4 heterocycles. The van der Waals surface area contributed by atoms with Crippen LogP contribution in [0.5, 0.6) is 0 Å². The summed E-state index contributed by atoms with van der Waals surface area (Å²) >= 11 is 3.77. The van der Waals surface area contributed by atoms with Crippen LogP contribution < -0.4 is 4.90 Å². The van der Waals surface area contributed by atoms with Gasteiger partial charge in [0.05, 0.1) is 10.7 Å². The molecule has 0 bridgehead atoms. The van der Waals surface area contributed by atoms with E-state index in [1.165, 1.54) is 0 Å². The first kappa shape index (κ1) is 20.5. The molecular weight excluding hydrogens is 496 g/mol. The minimum absolute atomic E-state index is 0.519. The van der Waals surface area contributed by atoms with Gasteiger partial charge in [0.1, 0.15) is 11.3 Å². The molecule has 0 aliphatic carbocycles. The number of nitrogens with one attached hydrogen (secondary N) is 1. The Morgan fingerprint density at radius 3 is 2.79 bits per heavy atom. The predicted molar refractivity (Wildman–Crippen MR) is 132 cm³/mol. The van der Waals surface area contributed by atoms with Crippen LogP contribution in [0.15, 0.2) is 75.9 Å². The number of fused-ring (bicyclic) bond motifs is 2. The molecule has 0 amide bonds. The third kappa shape index (κ3) is 3.52. The fourth-order valence-corrected chi connectivity index (χ4v) is 4.71. The van der Waals surface area contributed by atoms with E-state index in [0.29, 0.717) is 5.82 Å². The molecule has 6 aromatic rings. The molecule has 10 heteroatoms. The molecule has 0 unspecified atom stereocenters. The Kier molecular flexibility index (Phi) is 5.06. The summed E-state index contributed by atoms with van der Waals surface area (Å²) in [5.41, 5.74) is 5.61. The second-order valence-corrected chi connectivity index (χ2v) is 8.71. The van der Waals surface area contributed by atoms with Gasteiger partial charge in [0, 0.05) is 60.2 Å². The van der Waals surface area contributed by atoms with Crippen molar-refractivity contribution in [1.29, 1.82) is 0 Å². The fourth-order valence-electron chi connectivity index (χ4n) is 4.10. The first-order valence-corrected chi connectivity index (χ1v) is 11.5. The van der Waals surface area contributed by atoms with Crippen LogP contribution >= 0.6 is 15.9 Å².